The van der Waals surface area contributed by atoms with Crippen molar-refractivity contribution in [3.8, 4) is 0 Å². The van der Waals surface area contributed by atoms with Crippen LogP contribution in [0, 0.1) is 12.8 Å². The monoisotopic (exact) mass is 435 g/mol. The normalized spacial score (nSPS) is 17.5. The van der Waals surface area contributed by atoms with Gasteiger partial charge in [-0.1, -0.05) is 30.7 Å². The Labute approximate surface area is 183 Å². The van der Waals surface area contributed by atoms with Gasteiger partial charge in [0.15, 0.2) is 5.11 Å². The van der Waals surface area contributed by atoms with Crippen LogP contribution < -0.4 is 5.32 Å². The summed E-state index contributed by atoms with van der Waals surface area (Å²) >= 11 is 13.8. The fourth-order valence-electron chi connectivity index (χ4n) is 3.69. The molecular weight excluding hydrogens is 406 g/mol. The SMILES string of the molecule is Cc1ccc(NC(=S)N(CCCN2CCC[C@H](C)C2)Cc2cccs2)cc1Cl. The molecule has 2 heterocycles. The van der Waals surface area contributed by atoms with Crippen LogP contribution in [-0.4, -0.2) is 41.1 Å². The van der Waals surface area contributed by atoms with E-state index in [-0.39, 0.29) is 0 Å². The molecule has 1 fully saturated rings. The molecule has 0 saturated carbocycles. The third-order valence-electron chi connectivity index (χ3n) is 5.28. The first-order valence-corrected chi connectivity index (χ1v) is 11.7. The van der Waals surface area contributed by atoms with Gasteiger partial charge in [0.05, 0.1) is 6.54 Å². The highest BCUT2D eigenvalue weighted by Gasteiger charge is 2.17. The Hall–Kier alpha value is -1.14. The van der Waals surface area contributed by atoms with Crippen LogP contribution in [0.2, 0.25) is 5.02 Å². The highest BCUT2D eigenvalue weighted by Crippen LogP contribution is 2.21. The predicted molar refractivity (Wildman–Crippen MR) is 127 cm³/mol. The van der Waals surface area contributed by atoms with Crippen LogP contribution in [0.25, 0.3) is 0 Å². The van der Waals surface area contributed by atoms with E-state index in [1.165, 1.54) is 30.8 Å². The molecule has 1 aromatic carbocycles. The van der Waals surface area contributed by atoms with Gasteiger partial charge >= 0.3 is 0 Å². The molecule has 0 amide bonds. The Morgan fingerprint density at radius 1 is 1.39 bits per heavy atom. The summed E-state index contributed by atoms with van der Waals surface area (Å²) in [7, 11) is 0. The first-order chi connectivity index (χ1) is 13.5. The lowest BCUT2D eigenvalue weighted by Crippen LogP contribution is -2.39. The number of halogens is 1. The average molecular weight is 436 g/mol. The van der Waals surface area contributed by atoms with E-state index in [4.69, 9.17) is 23.8 Å². The van der Waals surface area contributed by atoms with Gasteiger partial charge in [-0.25, -0.2) is 0 Å². The Morgan fingerprint density at radius 2 is 2.25 bits per heavy atom. The molecule has 0 bridgehead atoms. The van der Waals surface area contributed by atoms with Gasteiger partial charge in [-0.3, -0.25) is 0 Å². The number of rotatable bonds is 7. The Morgan fingerprint density at radius 3 is 2.96 bits per heavy atom. The van der Waals surface area contributed by atoms with Gasteiger partial charge in [0, 0.05) is 28.7 Å². The average Bonchev–Trinajstić information content (AvgIpc) is 3.17. The van der Waals surface area contributed by atoms with Crippen molar-refractivity contribution in [2.24, 2.45) is 5.92 Å². The lowest BCUT2D eigenvalue weighted by molar-refractivity contribution is 0.177. The molecule has 0 aliphatic carbocycles. The number of thiocarbonyl (C=S) groups is 1. The molecule has 3 rings (SSSR count). The van der Waals surface area contributed by atoms with Crippen LogP contribution in [-0.2, 0) is 6.54 Å². The van der Waals surface area contributed by atoms with Crippen LogP contribution in [0.5, 0.6) is 0 Å². The van der Waals surface area contributed by atoms with E-state index < -0.39 is 0 Å². The van der Waals surface area contributed by atoms with E-state index in [0.717, 1.165) is 53.4 Å². The Kier molecular flexibility index (Phi) is 8.15. The van der Waals surface area contributed by atoms with Gasteiger partial charge in [0.2, 0.25) is 0 Å². The molecule has 28 heavy (non-hydrogen) atoms. The number of hydrogen-bond acceptors (Lipinski definition) is 3. The van der Waals surface area contributed by atoms with Crippen LogP contribution in [0.3, 0.4) is 0 Å². The number of nitrogens with zero attached hydrogens (tertiary/aromatic N) is 2. The van der Waals surface area contributed by atoms with Gasteiger partial charge in [-0.2, -0.15) is 0 Å². The largest absolute Gasteiger partial charge is 0.344 e. The molecule has 1 aromatic heterocycles. The zero-order chi connectivity index (χ0) is 19.9. The molecule has 1 atom stereocenters. The number of hydrogen-bond donors (Lipinski definition) is 1. The van der Waals surface area contributed by atoms with Gasteiger partial charge in [-0.05, 0) is 86.6 Å². The zero-order valence-corrected chi connectivity index (χ0v) is 19.2. The van der Waals surface area contributed by atoms with E-state index >= 15 is 0 Å². The van der Waals surface area contributed by atoms with Crippen LogP contribution in [0.4, 0.5) is 5.69 Å². The van der Waals surface area contributed by atoms with E-state index in [9.17, 15) is 0 Å². The molecular formula is C22H30ClN3S2. The number of likely N-dealkylation sites (tertiary alicyclic amines) is 1. The smallest absolute Gasteiger partial charge is 0.173 e. The fraction of sp³-hybridized carbons (Fsp3) is 0.500. The molecule has 1 aliphatic rings. The maximum absolute atomic E-state index is 6.27. The minimum atomic E-state index is 0.761. The molecule has 0 radical (unpaired) electrons. The van der Waals surface area contributed by atoms with Crippen molar-refractivity contribution in [3.05, 3.63) is 51.2 Å². The maximum Gasteiger partial charge on any atom is 0.173 e. The topological polar surface area (TPSA) is 18.5 Å². The molecule has 3 nitrogen and oxygen atoms in total. The molecule has 152 valence electrons. The summed E-state index contributed by atoms with van der Waals surface area (Å²) in [5.41, 5.74) is 2.02. The molecule has 6 heteroatoms. The third-order valence-corrected chi connectivity index (χ3v) is 6.91. The van der Waals surface area contributed by atoms with E-state index in [1.807, 2.05) is 25.1 Å². The number of piperidine rings is 1. The standard InChI is InChI=1S/C22H30ClN3S2/c1-17-6-3-10-25(15-17)11-5-12-26(16-20-7-4-13-28-20)22(27)24-19-9-8-18(2)21(23)14-19/h4,7-9,13-14,17H,3,5-6,10-12,15-16H2,1-2H3,(H,24,27)/t17-/m0/s1. The van der Waals surface area contributed by atoms with Crippen molar-refractivity contribution in [2.45, 2.75) is 39.7 Å². The van der Waals surface area contributed by atoms with Crippen molar-refractivity contribution in [2.75, 3.05) is 31.5 Å². The summed E-state index contributed by atoms with van der Waals surface area (Å²) in [6.45, 7) is 9.78. The van der Waals surface area contributed by atoms with Crippen LogP contribution in [0.1, 0.15) is 36.6 Å². The first kappa shape index (κ1) is 21.6. The fourth-order valence-corrected chi connectivity index (χ4v) is 4.86. The van der Waals surface area contributed by atoms with Gasteiger partial charge in [0.25, 0.3) is 0 Å². The minimum absolute atomic E-state index is 0.761. The maximum atomic E-state index is 6.27. The number of anilines is 1. The first-order valence-electron chi connectivity index (χ1n) is 10.1. The van der Waals surface area contributed by atoms with Crippen LogP contribution in [0.15, 0.2) is 35.7 Å². The highest BCUT2D eigenvalue weighted by atomic mass is 35.5. The molecule has 1 saturated heterocycles. The summed E-state index contributed by atoms with van der Waals surface area (Å²) in [5, 5.41) is 7.03. The summed E-state index contributed by atoms with van der Waals surface area (Å²) in [5.74, 6) is 0.824. The van der Waals surface area contributed by atoms with Crippen molar-refractivity contribution in [1.82, 2.24) is 9.80 Å². The number of benzene rings is 1. The molecule has 2 aromatic rings. The lowest BCUT2D eigenvalue weighted by Gasteiger charge is -2.32. The summed E-state index contributed by atoms with van der Waals surface area (Å²) in [6, 6.07) is 10.3. The van der Waals surface area contributed by atoms with E-state index in [2.05, 4.69) is 39.6 Å². The number of nitrogens with one attached hydrogen (secondary N) is 1. The Balaban J connectivity index is 1.58. The summed E-state index contributed by atoms with van der Waals surface area (Å²) < 4.78 is 0. The molecule has 1 aliphatic heterocycles. The zero-order valence-electron chi connectivity index (χ0n) is 16.8. The van der Waals surface area contributed by atoms with E-state index in [0.29, 0.717) is 0 Å². The second kappa shape index (κ2) is 10.6. The van der Waals surface area contributed by atoms with Crippen molar-refractivity contribution in [1.29, 1.82) is 0 Å². The van der Waals surface area contributed by atoms with Gasteiger partial charge in [0.1, 0.15) is 0 Å². The number of thiophene rings is 1. The second-order valence-electron chi connectivity index (χ2n) is 7.80. The molecule has 0 unspecified atom stereocenters. The van der Waals surface area contributed by atoms with Crippen molar-refractivity contribution >= 4 is 46.0 Å². The molecule has 0 spiro atoms. The lowest BCUT2D eigenvalue weighted by atomic mass is 10.0. The highest BCUT2D eigenvalue weighted by molar-refractivity contribution is 7.80. The predicted octanol–water partition coefficient (Wildman–Crippen LogP) is 6.03. The Bertz CT molecular complexity index is 763. The summed E-state index contributed by atoms with van der Waals surface area (Å²) in [6.07, 6.45) is 3.82. The number of aryl methyl sites for hydroxylation is 1. The van der Waals surface area contributed by atoms with E-state index in [1.54, 1.807) is 11.3 Å². The minimum Gasteiger partial charge on any atom is -0.344 e. The summed E-state index contributed by atoms with van der Waals surface area (Å²) in [4.78, 5) is 6.22. The van der Waals surface area contributed by atoms with Gasteiger partial charge in [-0.15, -0.1) is 11.3 Å². The van der Waals surface area contributed by atoms with Crippen LogP contribution >= 0.6 is 35.2 Å². The third kappa shape index (κ3) is 6.45. The quantitative estimate of drug-likeness (QED) is 0.535. The molecule has 1 N–H and O–H groups in total. The van der Waals surface area contributed by atoms with Crippen molar-refractivity contribution < 1.29 is 0 Å². The van der Waals surface area contributed by atoms with Crippen molar-refractivity contribution in [3.63, 3.8) is 0 Å². The van der Waals surface area contributed by atoms with Gasteiger partial charge < -0.3 is 15.1 Å². The second-order valence-corrected chi connectivity index (χ2v) is 9.62.